The van der Waals surface area contributed by atoms with Crippen LogP contribution < -0.4 is 10.6 Å². The van der Waals surface area contributed by atoms with Crippen LogP contribution in [0.1, 0.15) is 5.56 Å². The number of rotatable bonds is 5. The van der Waals surface area contributed by atoms with Crippen molar-refractivity contribution in [3.8, 4) is 16.3 Å². The van der Waals surface area contributed by atoms with E-state index in [9.17, 15) is 5.11 Å². The highest BCUT2D eigenvalue weighted by Crippen LogP contribution is 2.31. The Hall–Kier alpha value is -3.75. The van der Waals surface area contributed by atoms with Crippen molar-refractivity contribution >= 4 is 56.4 Å². The highest BCUT2D eigenvalue weighted by Gasteiger charge is 2.09. The summed E-state index contributed by atoms with van der Waals surface area (Å²) in [6, 6.07) is 20.8. The van der Waals surface area contributed by atoms with Gasteiger partial charge in [-0.05, 0) is 72.6 Å². The lowest BCUT2D eigenvalue weighted by Crippen LogP contribution is -2.04. The molecule has 0 spiro atoms. The lowest BCUT2D eigenvalue weighted by Gasteiger charge is -2.09. The minimum Gasteiger partial charge on any atom is -0.508 e. The van der Waals surface area contributed by atoms with Crippen LogP contribution in [0.2, 0.25) is 5.28 Å². The summed E-state index contributed by atoms with van der Waals surface area (Å²) in [5.74, 6) is 0.701. The zero-order valence-corrected chi connectivity index (χ0v) is 18.4. The second-order valence-corrected chi connectivity index (χ2v) is 8.49. The molecule has 5 rings (SSSR count). The molecule has 0 aliphatic rings. The highest BCUT2D eigenvalue weighted by molar-refractivity contribution is 7.21. The fourth-order valence-electron chi connectivity index (χ4n) is 3.16. The zero-order chi connectivity index (χ0) is 22.1. The Labute approximate surface area is 192 Å². The molecule has 0 aliphatic carbocycles. The number of phenols is 1. The third-order valence-corrected chi connectivity index (χ3v) is 5.88. The summed E-state index contributed by atoms with van der Waals surface area (Å²) in [5, 5.41) is 16.8. The normalized spacial score (nSPS) is 10.9. The van der Waals surface area contributed by atoms with E-state index in [1.165, 1.54) is 10.3 Å². The van der Waals surface area contributed by atoms with Crippen molar-refractivity contribution in [2.75, 3.05) is 10.6 Å². The molecule has 3 aromatic carbocycles. The molecule has 0 saturated heterocycles. The van der Waals surface area contributed by atoms with Crippen molar-refractivity contribution in [2.24, 2.45) is 0 Å². The number of halogens is 1. The number of aromatic nitrogens is 4. The van der Waals surface area contributed by atoms with E-state index in [0.717, 1.165) is 21.8 Å². The van der Waals surface area contributed by atoms with Gasteiger partial charge in [0.25, 0.3) is 0 Å². The zero-order valence-electron chi connectivity index (χ0n) is 16.9. The Balaban J connectivity index is 1.35. The Kier molecular flexibility index (Phi) is 5.30. The number of nitrogens with zero attached hydrogens (tertiary/aromatic N) is 4. The third kappa shape index (κ3) is 4.46. The third-order valence-electron chi connectivity index (χ3n) is 4.64. The van der Waals surface area contributed by atoms with Gasteiger partial charge in [-0.15, -0.1) is 11.3 Å². The number of hydrogen-bond acceptors (Lipinski definition) is 8. The molecule has 7 nitrogen and oxygen atoms in total. The molecule has 5 aromatic rings. The van der Waals surface area contributed by atoms with Crippen molar-refractivity contribution in [3.63, 3.8) is 0 Å². The molecule has 0 bridgehead atoms. The van der Waals surface area contributed by atoms with Gasteiger partial charge in [-0.2, -0.15) is 15.0 Å². The first kappa shape index (κ1) is 20.2. The fourth-order valence-corrected chi connectivity index (χ4v) is 4.38. The van der Waals surface area contributed by atoms with E-state index in [2.05, 4.69) is 44.6 Å². The SMILES string of the molecule is Cc1ccc2nc(-c3ccc(Nc4nc(Cl)nc(Nc5cccc(O)c5)n4)cc3)sc2c1. The molecule has 0 saturated carbocycles. The Morgan fingerprint density at radius 2 is 1.56 bits per heavy atom. The van der Waals surface area contributed by atoms with E-state index >= 15 is 0 Å². The summed E-state index contributed by atoms with van der Waals surface area (Å²) in [4.78, 5) is 17.3. The number of thiazole rings is 1. The molecular weight excluding hydrogens is 444 g/mol. The Morgan fingerprint density at radius 1 is 0.812 bits per heavy atom. The molecule has 0 aliphatic heterocycles. The highest BCUT2D eigenvalue weighted by atomic mass is 35.5. The van der Waals surface area contributed by atoms with E-state index in [1.54, 1.807) is 35.6 Å². The standard InChI is InChI=1S/C23H17ClN6OS/c1-13-5-10-18-19(11-13)32-20(27-18)14-6-8-15(9-7-14)25-22-28-21(24)29-23(30-22)26-16-3-2-4-17(31)12-16/h2-12,31H,1H3,(H2,25,26,28,29,30). The maximum Gasteiger partial charge on any atom is 0.233 e. The average Bonchev–Trinajstić information content (AvgIpc) is 3.17. The molecule has 2 aromatic heterocycles. The van der Waals surface area contributed by atoms with Crippen LogP contribution in [0.15, 0.2) is 66.7 Å². The first-order valence-electron chi connectivity index (χ1n) is 9.74. The number of aromatic hydroxyl groups is 1. The van der Waals surface area contributed by atoms with Gasteiger partial charge in [-0.1, -0.05) is 12.1 Å². The van der Waals surface area contributed by atoms with E-state index < -0.39 is 0 Å². The lowest BCUT2D eigenvalue weighted by atomic mass is 10.2. The molecule has 3 N–H and O–H groups in total. The smallest absolute Gasteiger partial charge is 0.233 e. The minimum atomic E-state index is 0.0477. The maximum atomic E-state index is 9.62. The number of hydrogen-bond donors (Lipinski definition) is 3. The molecule has 2 heterocycles. The van der Waals surface area contributed by atoms with Gasteiger partial charge in [0.05, 0.1) is 10.2 Å². The van der Waals surface area contributed by atoms with Crippen molar-refractivity contribution < 1.29 is 5.11 Å². The van der Waals surface area contributed by atoms with E-state index in [4.69, 9.17) is 16.6 Å². The number of nitrogens with one attached hydrogen (secondary N) is 2. The van der Waals surface area contributed by atoms with Gasteiger partial charge in [-0.25, -0.2) is 4.98 Å². The van der Waals surface area contributed by atoms with Crippen LogP contribution in [0.4, 0.5) is 23.3 Å². The topological polar surface area (TPSA) is 95.9 Å². The molecule has 0 fully saturated rings. The molecular formula is C23H17ClN6OS. The van der Waals surface area contributed by atoms with Gasteiger partial charge in [0.15, 0.2) is 0 Å². The summed E-state index contributed by atoms with van der Waals surface area (Å²) in [7, 11) is 0. The van der Waals surface area contributed by atoms with E-state index in [1.807, 2.05) is 30.3 Å². The van der Waals surface area contributed by atoms with Crippen molar-refractivity contribution in [1.29, 1.82) is 0 Å². The van der Waals surface area contributed by atoms with Crippen LogP contribution in [-0.2, 0) is 0 Å². The van der Waals surface area contributed by atoms with Gasteiger partial charge in [0.1, 0.15) is 10.8 Å². The van der Waals surface area contributed by atoms with Crippen LogP contribution in [0.5, 0.6) is 5.75 Å². The van der Waals surface area contributed by atoms with Gasteiger partial charge in [0, 0.05) is 23.0 Å². The fraction of sp³-hybridized carbons (Fsp3) is 0.0435. The number of phenolic OH excluding ortho intramolecular Hbond substituents is 1. The molecule has 0 unspecified atom stereocenters. The van der Waals surface area contributed by atoms with Crippen molar-refractivity contribution in [2.45, 2.75) is 6.92 Å². The Morgan fingerprint density at radius 3 is 2.31 bits per heavy atom. The number of benzene rings is 3. The second kappa shape index (κ2) is 8.41. The largest absolute Gasteiger partial charge is 0.508 e. The summed E-state index contributed by atoms with van der Waals surface area (Å²) in [6.07, 6.45) is 0. The number of anilines is 4. The average molecular weight is 461 g/mol. The summed E-state index contributed by atoms with van der Waals surface area (Å²) in [6.45, 7) is 2.08. The minimum absolute atomic E-state index is 0.0477. The van der Waals surface area contributed by atoms with Crippen LogP contribution in [-0.4, -0.2) is 25.0 Å². The molecule has 0 radical (unpaired) electrons. The Bertz CT molecular complexity index is 1420. The molecule has 0 amide bonds. The lowest BCUT2D eigenvalue weighted by molar-refractivity contribution is 0.475. The first-order chi connectivity index (χ1) is 15.5. The number of fused-ring (bicyclic) bond motifs is 1. The summed E-state index contributed by atoms with van der Waals surface area (Å²) in [5.41, 5.74) is 4.70. The quantitative estimate of drug-likeness (QED) is 0.283. The predicted octanol–water partition coefficient (Wildman–Crippen LogP) is 6.30. The number of aryl methyl sites for hydroxylation is 1. The molecule has 32 heavy (non-hydrogen) atoms. The summed E-state index contributed by atoms with van der Waals surface area (Å²) >= 11 is 7.74. The van der Waals surface area contributed by atoms with Crippen LogP contribution in [0.25, 0.3) is 20.8 Å². The van der Waals surface area contributed by atoms with Gasteiger partial charge in [-0.3, -0.25) is 0 Å². The summed E-state index contributed by atoms with van der Waals surface area (Å²) < 4.78 is 1.17. The van der Waals surface area contributed by atoms with Crippen molar-refractivity contribution in [1.82, 2.24) is 19.9 Å². The predicted molar refractivity (Wildman–Crippen MR) is 129 cm³/mol. The van der Waals surface area contributed by atoms with E-state index in [-0.39, 0.29) is 17.0 Å². The van der Waals surface area contributed by atoms with Crippen LogP contribution in [0.3, 0.4) is 0 Å². The van der Waals surface area contributed by atoms with Gasteiger partial charge in [0.2, 0.25) is 17.2 Å². The molecule has 158 valence electrons. The maximum absolute atomic E-state index is 9.62. The molecule has 9 heteroatoms. The van der Waals surface area contributed by atoms with Crippen molar-refractivity contribution in [3.05, 3.63) is 77.6 Å². The second-order valence-electron chi connectivity index (χ2n) is 7.12. The van der Waals surface area contributed by atoms with Crippen LogP contribution >= 0.6 is 22.9 Å². The van der Waals surface area contributed by atoms with Crippen LogP contribution in [0, 0.1) is 6.92 Å². The van der Waals surface area contributed by atoms with Gasteiger partial charge < -0.3 is 15.7 Å². The van der Waals surface area contributed by atoms with Gasteiger partial charge >= 0.3 is 0 Å². The first-order valence-corrected chi connectivity index (χ1v) is 10.9. The van der Waals surface area contributed by atoms with E-state index in [0.29, 0.717) is 11.6 Å². The monoisotopic (exact) mass is 460 g/mol. The molecule has 0 atom stereocenters.